The second-order valence-electron chi connectivity index (χ2n) is 2.53. The number of hydrogen-bond donors (Lipinski definition) is 2. The third kappa shape index (κ3) is 2.14. The predicted octanol–water partition coefficient (Wildman–Crippen LogP) is 1.51. The van der Waals surface area contributed by atoms with Crippen molar-refractivity contribution in [2.45, 2.75) is 6.92 Å². The van der Waals surface area contributed by atoms with E-state index in [4.69, 9.17) is 5.73 Å². The van der Waals surface area contributed by atoms with Crippen molar-refractivity contribution in [1.29, 1.82) is 0 Å². The molecule has 0 heterocycles. The molecule has 1 rings (SSSR count). The van der Waals surface area contributed by atoms with Gasteiger partial charge in [0.15, 0.2) is 5.82 Å². The van der Waals surface area contributed by atoms with Gasteiger partial charge in [-0.3, -0.25) is 4.79 Å². The molecule has 13 heavy (non-hydrogen) atoms. The summed E-state index contributed by atoms with van der Waals surface area (Å²) in [5.74, 6) is -2.12. The first-order chi connectivity index (χ1) is 6.00. The highest BCUT2D eigenvalue weighted by molar-refractivity contribution is 5.92. The lowest BCUT2D eigenvalue weighted by atomic mass is 10.2. The fourth-order valence-corrected chi connectivity index (χ4v) is 0.901. The minimum atomic E-state index is -0.882. The molecule has 3 nitrogen and oxygen atoms in total. The van der Waals surface area contributed by atoms with Gasteiger partial charge in [-0.2, -0.15) is 0 Å². The Bertz CT molecular complexity index is 329. The van der Waals surface area contributed by atoms with Gasteiger partial charge in [0, 0.05) is 13.0 Å². The van der Waals surface area contributed by atoms with Gasteiger partial charge in [0.1, 0.15) is 11.5 Å². The van der Waals surface area contributed by atoms with Crippen LogP contribution in [0.4, 0.5) is 20.2 Å². The van der Waals surface area contributed by atoms with Crippen LogP contribution in [0, 0.1) is 11.6 Å². The van der Waals surface area contributed by atoms with Crippen LogP contribution in [-0.4, -0.2) is 5.91 Å². The number of nitrogens with two attached hydrogens (primary N) is 1. The van der Waals surface area contributed by atoms with E-state index in [9.17, 15) is 13.6 Å². The molecule has 0 bridgehead atoms. The first-order valence-electron chi connectivity index (χ1n) is 3.53. The molecule has 5 heteroatoms. The SMILES string of the molecule is CC(=O)Nc1c(N)cc(F)cc1F. The first kappa shape index (κ1) is 9.44. The largest absolute Gasteiger partial charge is 0.397 e. The molecule has 0 spiro atoms. The van der Waals surface area contributed by atoms with Gasteiger partial charge in [-0.15, -0.1) is 0 Å². The Balaban J connectivity index is 3.13. The number of carbonyl (C=O) groups is 1. The maximum atomic E-state index is 12.9. The van der Waals surface area contributed by atoms with Crippen molar-refractivity contribution in [2.24, 2.45) is 0 Å². The van der Waals surface area contributed by atoms with Crippen molar-refractivity contribution in [3.8, 4) is 0 Å². The summed E-state index contributed by atoms with van der Waals surface area (Å²) in [6.07, 6.45) is 0. The lowest BCUT2D eigenvalue weighted by molar-refractivity contribution is -0.114. The summed E-state index contributed by atoms with van der Waals surface area (Å²) in [7, 11) is 0. The van der Waals surface area contributed by atoms with E-state index in [0.717, 1.165) is 6.07 Å². The van der Waals surface area contributed by atoms with Crippen LogP contribution in [0.5, 0.6) is 0 Å². The van der Waals surface area contributed by atoms with Crippen LogP contribution in [0.2, 0.25) is 0 Å². The van der Waals surface area contributed by atoms with Gasteiger partial charge >= 0.3 is 0 Å². The quantitative estimate of drug-likeness (QED) is 0.653. The molecule has 0 atom stereocenters. The molecule has 1 aromatic rings. The summed E-state index contributed by atoms with van der Waals surface area (Å²) in [6, 6.07) is 1.59. The topological polar surface area (TPSA) is 55.1 Å². The van der Waals surface area contributed by atoms with E-state index in [2.05, 4.69) is 5.32 Å². The number of nitrogen functional groups attached to an aromatic ring is 1. The zero-order valence-electron chi connectivity index (χ0n) is 6.90. The first-order valence-corrected chi connectivity index (χ1v) is 3.53. The molecule has 0 aliphatic heterocycles. The number of nitrogens with one attached hydrogen (secondary N) is 1. The summed E-state index contributed by atoms with van der Waals surface area (Å²) in [4.78, 5) is 10.6. The number of hydrogen-bond acceptors (Lipinski definition) is 2. The van der Waals surface area contributed by atoms with E-state index in [0.29, 0.717) is 6.07 Å². The van der Waals surface area contributed by atoms with Crippen molar-refractivity contribution in [3.63, 3.8) is 0 Å². The van der Waals surface area contributed by atoms with E-state index < -0.39 is 17.5 Å². The number of benzene rings is 1. The van der Waals surface area contributed by atoms with Gasteiger partial charge in [0.05, 0.1) is 5.69 Å². The van der Waals surface area contributed by atoms with Gasteiger partial charge in [-0.1, -0.05) is 0 Å². The number of rotatable bonds is 1. The smallest absolute Gasteiger partial charge is 0.221 e. The maximum Gasteiger partial charge on any atom is 0.221 e. The molecule has 3 N–H and O–H groups in total. The normalized spacial score (nSPS) is 9.77. The molecule has 0 saturated heterocycles. The number of amides is 1. The van der Waals surface area contributed by atoms with E-state index in [1.165, 1.54) is 6.92 Å². The minimum Gasteiger partial charge on any atom is -0.397 e. The Kier molecular flexibility index (Phi) is 2.46. The van der Waals surface area contributed by atoms with Gasteiger partial charge in [0.25, 0.3) is 0 Å². The highest BCUT2D eigenvalue weighted by Crippen LogP contribution is 2.23. The van der Waals surface area contributed by atoms with Gasteiger partial charge in [-0.05, 0) is 6.07 Å². The monoisotopic (exact) mass is 186 g/mol. The minimum absolute atomic E-state index is 0.132. The summed E-state index contributed by atoms with van der Waals surface area (Å²) < 4.78 is 25.4. The molecular formula is C8H8F2N2O. The van der Waals surface area contributed by atoms with E-state index in [-0.39, 0.29) is 11.4 Å². The fourth-order valence-electron chi connectivity index (χ4n) is 0.901. The van der Waals surface area contributed by atoms with Crippen LogP contribution in [-0.2, 0) is 4.79 Å². The average Bonchev–Trinajstić information content (AvgIpc) is 1.96. The third-order valence-corrected chi connectivity index (χ3v) is 1.39. The highest BCUT2D eigenvalue weighted by Gasteiger charge is 2.09. The molecule has 0 fully saturated rings. The van der Waals surface area contributed by atoms with Crippen LogP contribution < -0.4 is 11.1 Å². The van der Waals surface area contributed by atoms with Gasteiger partial charge in [-0.25, -0.2) is 8.78 Å². The third-order valence-electron chi connectivity index (χ3n) is 1.39. The van der Waals surface area contributed by atoms with Crippen molar-refractivity contribution in [2.75, 3.05) is 11.1 Å². The molecule has 1 amide bonds. The van der Waals surface area contributed by atoms with Crippen molar-refractivity contribution in [3.05, 3.63) is 23.8 Å². The number of halogens is 2. The fraction of sp³-hybridized carbons (Fsp3) is 0.125. The Morgan fingerprint density at radius 3 is 2.54 bits per heavy atom. The average molecular weight is 186 g/mol. The lowest BCUT2D eigenvalue weighted by Crippen LogP contribution is -2.10. The molecule has 1 aromatic carbocycles. The second kappa shape index (κ2) is 3.38. The van der Waals surface area contributed by atoms with Crippen LogP contribution in [0.3, 0.4) is 0 Å². The lowest BCUT2D eigenvalue weighted by Gasteiger charge is -2.06. The van der Waals surface area contributed by atoms with E-state index in [1.807, 2.05) is 0 Å². The van der Waals surface area contributed by atoms with Crippen molar-refractivity contribution < 1.29 is 13.6 Å². The predicted molar refractivity (Wildman–Crippen MR) is 45.1 cm³/mol. The summed E-state index contributed by atoms with van der Waals surface area (Å²) >= 11 is 0. The Morgan fingerprint density at radius 2 is 2.08 bits per heavy atom. The van der Waals surface area contributed by atoms with Crippen LogP contribution in [0.1, 0.15) is 6.92 Å². The van der Waals surface area contributed by atoms with Crippen LogP contribution >= 0.6 is 0 Å². The van der Waals surface area contributed by atoms with Gasteiger partial charge < -0.3 is 11.1 Å². The van der Waals surface area contributed by atoms with E-state index >= 15 is 0 Å². The molecule has 0 radical (unpaired) electrons. The second-order valence-corrected chi connectivity index (χ2v) is 2.53. The Morgan fingerprint density at radius 1 is 1.46 bits per heavy atom. The summed E-state index contributed by atoms with van der Waals surface area (Å²) in [6.45, 7) is 1.21. The zero-order chi connectivity index (χ0) is 10.0. The molecule has 0 unspecified atom stereocenters. The van der Waals surface area contributed by atoms with Gasteiger partial charge in [0.2, 0.25) is 5.91 Å². The zero-order valence-corrected chi connectivity index (χ0v) is 6.90. The number of carbonyl (C=O) groups excluding carboxylic acids is 1. The van der Waals surface area contributed by atoms with Crippen LogP contribution in [0.15, 0.2) is 12.1 Å². The Labute approximate surface area is 73.5 Å². The Hall–Kier alpha value is -1.65. The summed E-state index contributed by atoms with van der Waals surface area (Å²) in [5, 5.41) is 2.16. The van der Waals surface area contributed by atoms with Crippen molar-refractivity contribution >= 4 is 17.3 Å². The molecule has 0 aliphatic rings. The molecule has 0 saturated carbocycles. The van der Waals surface area contributed by atoms with E-state index in [1.54, 1.807) is 0 Å². The molecule has 70 valence electrons. The molecule has 0 aromatic heterocycles. The number of anilines is 2. The standard InChI is InChI=1S/C8H8F2N2O/c1-4(13)12-8-6(10)2-5(9)3-7(8)11/h2-3H,11H2,1H3,(H,12,13). The van der Waals surface area contributed by atoms with Crippen molar-refractivity contribution in [1.82, 2.24) is 0 Å². The summed E-state index contributed by atoms with van der Waals surface area (Å²) in [5.41, 5.74) is 4.96. The molecular weight excluding hydrogens is 178 g/mol. The highest BCUT2D eigenvalue weighted by atomic mass is 19.1. The molecule has 0 aliphatic carbocycles. The maximum absolute atomic E-state index is 12.9. The van der Waals surface area contributed by atoms with Crippen LogP contribution in [0.25, 0.3) is 0 Å².